The Morgan fingerprint density at radius 1 is 1.15 bits per heavy atom. The van der Waals surface area contributed by atoms with Crippen molar-refractivity contribution in [3.8, 4) is 0 Å². The fraction of sp³-hybridized carbons (Fsp3) is 0.700. The summed E-state index contributed by atoms with van der Waals surface area (Å²) >= 11 is 0. The molecule has 0 unspecified atom stereocenters. The van der Waals surface area contributed by atoms with Gasteiger partial charge in [0.15, 0.2) is 0 Å². The molecule has 0 N–H and O–H groups in total. The van der Waals surface area contributed by atoms with Crippen LogP contribution in [0.2, 0.25) is 0 Å². The van der Waals surface area contributed by atoms with E-state index in [0.717, 1.165) is 44.8 Å². The number of fused-ring (bicyclic) bond motifs is 1. The Kier molecular flexibility index (Phi) is 4.66. The monoisotopic (exact) mass is 378 g/mol. The third-order valence-electron chi connectivity index (χ3n) is 6.60. The predicted octanol–water partition coefficient (Wildman–Crippen LogP) is 2.20. The van der Waals surface area contributed by atoms with Crippen LogP contribution in [0.5, 0.6) is 0 Å². The number of ether oxygens (including phenoxy) is 1. The molecule has 144 valence electrons. The fourth-order valence-corrected chi connectivity index (χ4v) is 7.21. The highest BCUT2D eigenvalue weighted by molar-refractivity contribution is 7.88. The highest BCUT2D eigenvalue weighted by Crippen LogP contribution is 2.63. The average Bonchev–Trinajstić information content (AvgIpc) is 2.92. The van der Waals surface area contributed by atoms with Gasteiger partial charge in [0.2, 0.25) is 10.0 Å². The van der Waals surface area contributed by atoms with Gasteiger partial charge in [-0.05, 0) is 23.3 Å². The zero-order valence-corrected chi connectivity index (χ0v) is 16.7. The van der Waals surface area contributed by atoms with Crippen molar-refractivity contribution in [2.45, 2.75) is 26.0 Å². The lowest BCUT2D eigenvalue weighted by molar-refractivity contribution is -0.0965. The zero-order chi connectivity index (χ0) is 18.4. The molecule has 6 heteroatoms. The van der Waals surface area contributed by atoms with Crippen LogP contribution in [0, 0.1) is 16.7 Å². The van der Waals surface area contributed by atoms with Crippen molar-refractivity contribution in [3.05, 3.63) is 35.9 Å². The van der Waals surface area contributed by atoms with Crippen molar-refractivity contribution in [2.24, 2.45) is 16.7 Å². The molecule has 2 saturated heterocycles. The number of rotatable bonds is 5. The Hall–Kier alpha value is -0.950. The van der Waals surface area contributed by atoms with E-state index < -0.39 is 10.0 Å². The van der Waals surface area contributed by atoms with Crippen LogP contribution in [0.25, 0.3) is 0 Å². The lowest BCUT2D eigenvalue weighted by Crippen LogP contribution is -2.59. The van der Waals surface area contributed by atoms with Crippen LogP contribution in [0.15, 0.2) is 30.3 Å². The molecule has 1 aromatic carbocycles. The summed E-state index contributed by atoms with van der Waals surface area (Å²) in [5.74, 6) is 0.553. The Balaban J connectivity index is 1.51. The van der Waals surface area contributed by atoms with Gasteiger partial charge in [0.1, 0.15) is 0 Å². The summed E-state index contributed by atoms with van der Waals surface area (Å²) in [6.45, 7) is 10.4. The highest BCUT2D eigenvalue weighted by atomic mass is 32.2. The molecule has 2 heterocycles. The summed E-state index contributed by atoms with van der Waals surface area (Å²) in [5, 5.41) is 0. The van der Waals surface area contributed by atoms with E-state index >= 15 is 0 Å². The van der Waals surface area contributed by atoms with Crippen LogP contribution in [-0.4, -0.2) is 63.6 Å². The second kappa shape index (κ2) is 6.59. The Morgan fingerprint density at radius 2 is 1.85 bits per heavy atom. The first-order valence-corrected chi connectivity index (χ1v) is 11.2. The minimum atomic E-state index is -3.28. The molecule has 0 amide bonds. The summed E-state index contributed by atoms with van der Waals surface area (Å²) in [7, 11) is -3.28. The fourth-order valence-electron chi connectivity index (χ4n) is 5.59. The molecule has 1 aromatic rings. The maximum absolute atomic E-state index is 13.1. The van der Waals surface area contributed by atoms with Gasteiger partial charge in [-0.25, -0.2) is 12.7 Å². The zero-order valence-electron chi connectivity index (χ0n) is 15.9. The summed E-state index contributed by atoms with van der Waals surface area (Å²) in [4.78, 5) is 2.47. The standard InChI is InChI=1S/C20H30N2O3S/c1-19(2)14-20(15-21-8-10-25-11-9-21)16-22(12-18(19)20)26(23,24)13-17-6-4-3-5-7-17/h3-7,18H,8-16H2,1-2H3/t18-,20+/m1/s1. The first-order valence-electron chi connectivity index (χ1n) is 9.63. The number of sulfonamides is 1. The van der Waals surface area contributed by atoms with Crippen molar-refractivity contribution in [3.63, 3.8) is 0 Å². The van der Waals surface area contributed by atoms with Crippen molar-refractivity contribution in [1.82, 2.24) is 9.21 Å². The van der Waals surface area contributed by atoms with E-state index in [4.69, 9.17) is 4.74 Å². The molecule has 3 fully saturated rings. The summed E-state index contributed by atoms with van der Waals surface area (Å²) < 4.78 is 33.4. The van der Waals surface area contributed by atoms with E-state index in [1.54, 1.807) is 4.31 Å². The molecule has 4 rings (SSSR count). The van der Waals surface area contributed by atoms with Gasteiger partial charge in [0, 0.05) is 38.1 Å². The van der Waals surface area contributed by atoms with Crippen molar-refractivity contribution in [2.75, 3.05) is 45.9 Å². The number of nitrogens with zero attached hydrogens (tertiary/aromatic N) is 2. The minimum absolute atomic E-state index is 0.106. The quantitative estimate of drug-likeness (QED) is 0.788. The number of benzene rings is 1. The number of hydrogen-bond acceptors (Lipinski definition) is 4. The van der Waals surface area contributed by atoms with Gasteiger partial charge >= 0.3 is 0 Å². The topological polar surface area (TPSA) is 49.9 Å². The molecule has 2 atom stereocenters. The Labute approximate surface area is 157 Å². The molecule has 26 heavy (non-hydrogen) atoms. The SMILES string of the molecule is CC1(C)C[C@]2(CN3CCOCC3)CN(S(=O)(=O)Cc3ccccc3)C[C@H]12. The smallest absolute Gasteiger partial charge is 0.218 e. The first kappa shape index (κ1) is 18.4. The molecular weight excluding hydrogens is 348 g/mol. The molecule has 0 aromatic heterocycles. The van der Waals surface area contributed by atoms with E-state index in [1.807, 2.05) is 30.3 Å². The molecule has 3 aliphatic rings. The Morgan fingerprint density at radius 3 is 2.50 bits per heavy atom. The first-order chi connectivity index (χ1) is 12.3. The van der Waals surface area contributed by atoms with E-state index in [-0.39, 0.29) is 16.6 Å². The molecule has 2 aliphatic heterocycles. The van der Waals surface area contributed by atoms with Crippen LogP contribution >= 0.6 is 0 Å². The van der Waals surface area contributed by atoms with Crippen molar-refractivity contribution in [1.29, 1.82) is 0 Å². The highest BCUT2D eigenvalue weighted by Gasteiger charge is 2.64. The lowest BCUT2D eigenvalue weighted by atomic mass is 9.48. The molecule has 0 spiro atoms. The minimum Gasteiger partial charge on any atom is -0.379 e. The molecule has 5 nitrogen and oxygen atoms in total. The van der Waals surface area contributed by atoms with Crippen LogP contribution in [0.4, 0.5) is 0 Å². The van der Waals surface area contributed by atoms with E-state index in [2.05, 4.69) is 18.7 Å². The maximum Gasteiger partial charge on any atom is 0.218 e. The van der Waals surface area contributed by atoms with Crippen molar-refractivity contribution < 1.29 is 13.2 Å². The van der Waals surface area contributed by atoms with Gasteiger partial charge in [0.25, 0.3) is 0 Å². The third kappa shape index (κ3) is 3.33. The van der Waals surface area contributed by atoms with Gasteiger partial charge in [-0.15, -0.1) is 0 Å². The van der Waals surface area contributed by atoms with E-state index in [1.165, 1.54) is 0 Å². The molecular formula is C20H30N2O3S. The van der Waals surface area contributed by atoms with Gasteiger partial charge in [-0.3, -0.25) is 4.90 Å². The molecule has 0 bridgehead atoms. The molecule has 1 aliphatic carbocycles. The van der Waals surface area contributed by atoms with Crippen molar-refractivity contribution >= 4 is 10.0 Å². The number of morpholine rings is 1. The van der Waals surface area contributed by atoms with E-state index in [0.29, 0.717) is 19.0 Å². The number of hydrogen-bond donors (Lipinski definition) is 0. The van der Waals surface area contributed by atoms with Crippen LogP contribution in [0.3, 0.4) is 0 Å². The largest absolute Gasteiger partial charge is 0.379 e. The third-order valence-corrected chi connectivity index (χ3v) is 8.36. The van der Waals surface area contributed by atoms with Gasteiger partial charge in [-0.2, -0.15) is 0 Å². The molecule has 0 radical (unpaired) electrons. The summed E-state index contributed by atoms with van der Waals surface area (Å²) in [6, 6.07) is 9.53. The van der Waals surface area contributed by atoms with Gasteiger partial charge < -0.3 is 4.74 Å². The average molecular weight is 379 g/mol. The van der Waals surface area contributed by atoms with Crippen LogP contribution < -0.4 is 0 Å². The van der Waals surface area contributed by atoms with Crippen LogP contribution in [0.1, 0.15) is 25.8 Å². The molecule has 1 saturated carbocycles. The summed E-state index contributed by atoms with van der Waals surface area (Å²) in [5.41, 5.74) is 1.21. The summed E-state index contributed by atoms with van der Waals surface area (Å²) in [6.07, 6.45) is 1.11. The maximum atomic E-state index is 13.1. The van der Waals surface area contributed by atoms with Gasteiger partial charge in [0.05, 0.1) is 19.0 Å². The predicted molar refractivity (Wildman–Crippen MR) is 102 cm³/mol. The van der Waals surface area contributed by atoms with E-state index in [9.17, 15) is 8.42 Å². The van der Waals surface area contributed by atoms with Gasteiger partial charge in [-0.1, -0.05) is 44.2 Å². The second-order valence-corrected chi connectivity index (χ2v) is 11.0. The lowest BCUT2D eigenvalue weighted by Gasteiger charge is -2.58. The Bertz CT molecular complexity index is 744. The van der Waals surface area contributed by atoms with Crippen LogP contribution in [-0.2, 0) is 20.5 Å². The normalized spacial score (nSPS) is 32.2. The second-order valence-electron chi connectivity index (χ2n) is 9.00.